The topological polar surface area (TPSA) is 73.6 Å². The molecule has 0 aromatic heterocycles. The Morgan fingerprint density at radius 2 is 1.80 bits per heavy atom. The van der Waals surface area contributed by atoms with Crippen molar-refractivity contribution >= 4 is 5.91 Å². The molecule has 0 aliphatic carbocycles. The molecule has 0 saturated carbocycles. The van der Waals surface area contributed by atoms with Gasteiger partial charge in [-0.25, -0.2) is 0 Å². The molecule has 112 valence electrons. The van der Waals surface area contributed by atoms with Crippen LogP contribution in [0.4, 0.5) is 0 Å². The minimum absolute atomic E-state index is 0.0599. The zero-order chi connectivity index (χ0) is 14.8. The summed E-state index contributed by atoms with van der Waals surface area (Å²) in [5.41, 5.74) is 7.61. The second kappa shape index (κ2) is 9.47. The molecule has 0 fully saturated rings. The molecule has 1 aromatic carbocycles. The van der Waals surface area contributed by atoms with Crippen molar-refractivity contribution in [3.05, 3.63) is 35.4 Å². The summed E-state index contributed by atoms with van der Waals surface area (Å²) in [5, 5.41) is 2.82. The molecular weight excluding hydrogens is 256 g/mol. The summed E-state index contributed by atoms with van der Waals surface area (Å²) in [4.78, 5) is 11.9. The summed E-state index contributed by atoms with van der Waals surface area (Å²) in [6, 6.07) is 7.69. The number of amides is 1. The molecule has 5 heteroatoms. The van der Waals surface area contributed by atoms with E-state index in [2.05, 4.69) is 5.32 Å². The molecule has 0 aliphatic rings. The van der Waals surface area contributed by atoms with E-state index in [1.165, 1.54) is 0 Å². The lowest BCUT2D eigenvalue weighted by Gasteiger charge is -2.17. The zero-order valence-corrected chi connectivity index (χ0v) is 12.2. The molecule has 0 radical (unpaired) electrons. The Labute approximate surface area is 120 Å². The van der Waals surface area contributed by atoms with E-state index in [0.29, 0.717) is 32.7 Å². The molecule has 0 aliphatic heterocycles. The molecular formula is C15H24N2O3. The SMILES string of the molecule is CCOC(CNC(=O)Cc1ccccc1CN)OCC. The summed E-state index contributed by atoms with van der Waals surface area (Å²) in [5.74, 6) is -0.0599. The number of carbonyl (C=O) groups is 1. The maximum Gasteiger partial charge on any atom is 0.224 e. The van der Waals surface area contributed by atoms with Crippen LogP contribution in [-0.2, 0) is 27.2 Å². The average Bonchev–Trinajstić information content (AvgIpc) is 2.46. The first-order valence-corrected chi connectivity index (χ1v) is 6.98. The Hall–Kier alpha value is -1.43. The second-order valence-corrected chi connectivity index (χ2v) is 4.29. The van der Waals surface area contributed by atoms with E-state index in [-0.39, 0.29) is 5.91 Å². The Kier molecular flexibility index (Phi) is 7.87. The molecule has 5 nitrogen and oxygen atoms in total. The standard InChI is InChI=1S/C15H24N2O3/c1-3-19-15(20-4-2)11-17-14(18)9-12-7-5-6-8-13(12)10-16/h5-8,15H,3-4,9-11,16H2,1-2H3,(H,17,18). The van der Waals surface area contributed by atoms with Gasteiger partial charge in [-0.2, -0.15) is 0 Å². The van der Waals surface area contributed by atoms with Gasteiger partial charge < -0.3 is 20.5 Å². The van der Waals surface area contributed by atoms with Gasteiger partial charge in [-0.1, -0.05) is 24.3 Å². The Morgan fingerprint density at radius 1 is 1.20 bits per heavy atom. The van der Waals surface area contributed by atoms with Gasteiger partial charge in [0.2, 0.25) is 5.91 Å². The van der Waals surface area contributed by atoms with E-state index in [0.717, 1.165) is 11.1 Å². The molecule has 0 spiro atoms. The zero-order valence-electron chi connectivity index (χ0n) is 12.2. The fourth-order valence-corrected chi connectivity index (χ4v) is 1.90. The van der Waals surface area contributed by atoms with Gasteiger partial charge in [0, 0.05) is 19.8 Å². The van der Waals surface area contributed by atoms with E-state index < -0.39 is 6.29 Å². The Balaban J connectivity index is 2.46. The number of hydrogen-bond acceptors (Lipinski definition) is 4. The predicted molar refractivity (Wildman–Crippen MR) is 78.1 cm³/mol. The van der Waals surface area contributed by atoms with Crippen molar-refractivity contribution in [2.24, 2.45) is 5.73 Å². The molecule has 0 atom stereocenters. The minimum Gasteiger partial charge on any atom is -0.351 e. The van der Waals surface area contributed by atoms with E-state index in [4.69, 9.17) is 15.2 Å². The molecule has 0 bridgehead atoms. The van der Waals surface area contributed by atoms with Crippen LogP contribution < -0.4 is 11.1 Å². The smallest absolute Gasteiger partial charge is 0.224 e. The molecule has 1 amide bonds. The largest absolute Gasteiger partial charge is 0.351 e. The first-order chi connectivity index (χ1) is 9.71. The number of benzene rings is 1. The molecule has 1 rings (SSSR count). The third kappa shape index (κ3) is 5.69. The highest BCUT2D eigenvalue weighted by atomic mass is 16.7. The number of nitrogens with one attached hydrogen (secondary N) is 1. The fraction of sp³-hybridized carbons (Fsp3) is 0.533. The lowest BCUT2D eigenvalue weighted by molar-refractivity contribution is -0.140. The van der Waals surface area contributed by atoms with Crippen LogP contribution >= 0.6 is 0 Å². The van der Waals surface area contributed by atoms with Gasteiger partial charge in [-0.3, -0.25) is 4.79 Å². The summed E-state index contributed by atoms with van der Waals surface area (Å²) in [6.07, 6.45) is -0.0723. The average molecular weight is 280 g/mol. The Morgan fingerprint density at radius 3 is 2.35 bits per heavy atom. The highest BCUT2D eigenvalue weighted by Gasteiger charge is 2.11. The number of rotatable bonds is 9. The second-order valence-electron chi connectivity index (χ2n) is 4.29. The number of ether oxygens (including phenoxy) is 2. The summed E-state index contributed by atoms with van der Waals surface area (Å²) >= 11 is 0. The van der Waals surface area contributed by atoms with Crippen LogP contribution in [0.15, 0.2) is 24.3 Å². The normalized spacial score (nSPS) is 10.8. The van der Waals surface area contributed by atoms with Gasteiger partial charge in [0.15, 0.2) is 6.29 Å². The van der Waals surface area contributed by atoms with Crippen molar-refractivity contribution in [3.8, 4) is 0 Å². The van der Waals surface area contributed by atoms with E-state index in [1.54, 1.807) is 0 Å². The summed E-state index contributed by atoms with van der Waals surface area (Å²) < 4.78 is 10.7. The number of hydrogen-bond donors (Lipinski definition) is 2. The lowest BCUT2D eigenvalue weighted by atomic mass is 10.0. The van der Waals surface area contributed by atoms with Crippen LogP contribution in [0.3, 0.4) is 0 Å². The van der Waals surface area contributed by atoms with Crippen LogP contribution in [0.5, 0.6) is 0 Å². The van der Waals surface area contributed by atoms with Gasteiger partial charge in [0.05, 0.1) is 13.0 Å². The minimum atomic E-state index is -0.390. The molecule has 3 N–H and O–H groups in total. The van der Waals surface area contributed by atoms with Gasteiger partial charge in [-0.05, 0) is 25.0 Å². The Bertz CT molecular complexity index is 404. The van der Waals surface area contributed by atoms with Crippen LogP contribution in [0.1, 0.15) is 25.0 Å². The van der Waals surface area contributed by atoms with Crippen LogP contribution in [-0.4, -0.2) is 32.0 Å². The third-order valence-corrected chi connectivity index (χ3v) is 2.86. The van der Waals surface area contributed by atoms with Crippen LogP contribution in [0.2, 0.25) is 0 Å². The molecule has 0 unspecified atom stereocenters. The van der Waals surface area contributed by atoms with E-state index in [1.807, 2.05) is 38.1 Å². The number of carbonyl (C=O) groups excluding carboxylic acids is 1. The van der Waals surface area contributed by atoms with Gasteiger partial charge >= 0.3 is 0 Å². The van der Waals surface area contributed by atoms with Crippen LogP contribution in [0, 0.1) is 0 Å². The van der Waals surface area contributed by atoms with E-state index >= 15 is 0 Å². The first-order valence-electron chi connectivity index (χ1n) is 6.98. The van der Waals surface area contributed by atoms with Gasteiger partial charge in [0.1, 0.15) is 0 Å². The quantitative estimate of drug-likeness (QED) is 0.667. The first kappa shape index (κ1) is 16.6. The van der Waals surface area contributed by atoms with Gasteiger partial charge in [-0.15, -0.1) is 0 Å². The van der Waals surface area contributed by atoms with E-state index in [9.17, 15) is 4.79 Å². The highest BCUT2D eigenvalue weighted by molar-refractivity contribution is 5.78. The predicted octanol–water partition coefficient (Wildman–Crippen LogP) is 1.20. The van der Waals surface area contributed by atoms with Crippen molar-refractivity contribution in [1.82, 2.24) is 5.32 Å². The number of nitrogens with two attached hydrogens (primary N) is 1. The lowest BCUT2D eigenvalue weighted by Crippen LogP contribution is -2.36. The van der Waals surface area contributed by atoms with Crippen LogP contribution in [0.25, 0.3) is 0 Å². The molecule has 1 aromatic rings. The summed E-state index contributed by atoms with van der Waals surface area (Å²) in [6.45, 7) is 5.68. The van der Waals surface area contributed by atoms with Crippen molar-refractivity contribution in [1.29, 1.82) is 0 Å². The van der Waals surface area contributed by atoms with Crippen molar-refractivity contribution in [2.75, 3.05) is 19.8 Å². The fourth-order valence-electron chi connectivity index (χ4n) is 1.90. The third-order valence-electron chi connectivity index (χ3n) is 2.86. The van der Waals surface area contributed by atoms with Crippen molar-refractivity contribution in [3.63, 3.8) is 0 Å². The monoisotopic (exact) mass is 280 g/mol. The molecule has 0 heterocycles. The van der Waals surface area contributed by atoms with Crippen molar-refractivity contribution < 1.29 is 14.3 Å². The molecule has 20 heavy (non-hydrogen) atoms. The van der Waals surface area contributed by atoms with Crippen molar-refractivity contribution in [2.45, 2.75) is 33.1 Å². The van der Waals surface area contributed by atoms with Gasteiger partial charge in [0.25, 0.3) is 0 Å². The maximum atomic E-state index is 11.9. The maximum absolute atomic E-state index is 11.9. The molecule has 0 saturated heterocycles. The highest BCUT2D eigenvalue weighted by Crippen LogP contribution is 2.08. The summed E-state index contributed by atoms with van der Waals surface area (Å²) in [7, 11) is 0.